The molecule has 0 spiro atoms. The summed E-state index contributed by atoms with van der Waals surface area (Å²) in [6, 6.07) is 0.851. The maximum absolute atomic E-state index is 8.98. The SMILES string of the molecule is CC(CO)NC1C(C)CCCC1C. The molecule has 2 heteroatoms. The van der Waals surface area contributed by atoms with Gasteiger partial charge < -0.3 is 10.4 Å². The number of nitrogens with one attached hydrogen (secondary N) is 1. The van der Waals surface area contributed by atoms with Crippen molar-refractivity contribution in [3.8, 4) is 0 Å². The molecule has 1 saturated carbocycles. The molecule has 0 aromatic heterocycles. The van der Waals surface area contributed by atoms with E-state index in [2.05, 4.69) is 19.2 Å². The largest absolute Gasteiger partial charge is 0.395 e. The number of hydrogen-bond donors (Lipinski definition) is 2. The first-order valence-electron chi connectivity index (χ1n) is 5.52. The second kappa shape index (κ2) is 4.97. The fraction of sp³-hybridized carbons (Fsp3) is 1.00. The van der Waals surface area contributed by atoms with Crippen molar-refractivity contribution in [2.75, 3.05) is 6.61 Å². The Morgan fingerprint density at radius 1 is 1.31 bits per heavy atom. The van der Waals surface area contributed by atoms with Crippen LogP contribution in [0.3, 0.4) is 0 Å². The van der Waals surface area contributed by atoms with Crippen LogP contribution in [0.25, 0.3) is 0 Å². The normalized spacial score (nSPS) is 37.4. The van der Waals surface area contributed by atoms with Crippen molar-refractivity contribution >= 4 is 0 Å². The first kappa shape index (κ1) is 11.0. The third-order valence-corrected chi connectivity index (χ3v) is 3.30. The molecule has 0 amide bonds. The molecule has 78 valence electrons. The van der Waals surface area contributed by atoms with Crippen LogP contribution in [0, 0.1) is 11.8 Å². The molecule has 3 atom stereocenters. The van der Waals surface area contributed by atoms with Crippen LogP contribution < -0.4 is 5.32 Å². The first-order chi connectivity index (χ1) is 6.15. The van der Waals surface area contributed by atoms with E-state index in [-0.39, 0.29) is 12.6 Å². The van der Waals surface area contributed by atoms with Crippen LogP contribution in [0.1, 0.15) is 40.0 Å². The lowest BCUT2D eigenvalue weighted by molar-refractivity contribution is 0.166. The minimum Gasteiger partial charge on any atom is -0.395 e. The van der Waals surface area contributed by atoms with Crippen LogP contribution in [0.2, 0.25) is 0 Å². The van der Waals surface area contributed by atoms with E-state index < -0.39 is 0 Å². The highest BCUT2D eigenvalue weighted by Crippen LogP contribution is 2.28. The van der Waals surface area contributed by atoms with E-state index in [0.29, 0.717) is 6.04 Å². The van der Waals surface area contributed by atoms with E-state index in [4.69, 9.17) is 5.11 Å². The van der Waals surface area contributed by atoms with Gasteiger partial charge >= 0.3 is 0 Å². The monoisotopic (exact) mass is 185 g/mol. The zero-order valence-corrected chi connectivity index (χ0v) is 9.09. The van der Waals surface area contributed by atoms with Crippen molar-refractivity contribution in [1.29, 1.82) is 0 Å². The van der Waals surface area contributed by atoms with Crippen molar-refractivity contribution < 1.29 is 5.11 Å². The van der Waals surface area contributed by atoms with E-state index in [1.165, 1.54) is 19.3 Å². The molecule has 1 aliphatic rings. The summed E-state index contributed by atoms with van der Waals surface area (Å²) in [5.41, 5.74) is 0. The molecule has 0 bridgehead atoms. The molecule has 0 radical (unpaired) electrons. The summed E-state index contributed by atoms with van der Waals surface area (Å²) >= 11 is 0. The first-order valence-corrected chi connectivity index (χ1v) is 5.52. The lowest BCUT2D eigenvalue weighted by Gasteiger charge is -2.37. The second-order valence-electron chi connectivity index (χ2n) is 4.66. The van der Waals surface area contributed by atoms with Crippen molar-refractivity contribution in [1.82, 2.24) is 5.32 Å². The van der Waals surface area contributed by atoms with Gasteiger partial charge in [-0.3, -0.25) is 0 Å². The van der Waals surface area contributed by atoms with Crippen LogP contribution in [-0.2, 0) is 0 Å². The maximum Gasteiger partial charge on any atom is 0.0582 e. The highest BCUT2D eigenvalue weighted by molar-refractivity contribution is 4.84. The minimum absolute atomic E-state index is 0.244. The van der Waals surface area contributed by atoms with Gasteiger partial charge in [0.1, 0.15) is 0 Å². The van der Waals surface area contributed by atoms with E-state index in [9.17, 15) is 0 Å². The fourth-order valence-corrected chi connectivity index (χ4v) is 2.39. The minimum atomic E-state index is 0.244. The van der Waals surface area contributed by atoms with Crippen LogP contribution in [0.15, 0.2) is 0 Å². The number of hydrogen-bond acceptors (Lipinski definition) is 2. The Bertz CT molecular complexity index is 139. The highest BCUT2D eigenvalue weighted by Gasteiger charge is 2.27. The summed E-state index contributed by atoms with van der Waals surface area (Å²) in [5, 5.41) is 12.5. The molecule has 0 aromatic rings. The smallest absolute Gasteiger partial charge is 0.0582 e. The molecular formula is C11H23NO. The fourth-order valence-electron chi connectivity index (χ4n) is 2.39. The Balaban J connectivity index is 2.43. The molecule has 2 nitrogen and oxygen atoms in total. The average molecular weight is 185 g/mol. The molecule has 0 heterocycles. The predicted molar refractivity (Wildman–Crippen MR) is 55.7 cm³/mol. The third kappa shape index (κ3) is 2.96. The van der Waals surface area contributed by atoms with Gasteiger partial charge in [0.15, 0.2) is 0 Å². The Hall–Kier alpha value is -0.0800. The van der Waals surface area contributed by atoms with Crippen molar-refractivity contribution in [3.63, 3.8) is 0 Å². The number of aliphatic hydroxyl groups excluding tert-OH is 1. The summed E-state index contributed by atoms with van der Waals surface area (Å²) in [5.74, 6) is 1.52. The summed E-state index contributed by atoms with van der Waals surface area (Å²) in [6.07, 6.45) is 4.04. The maximum atomic E-state index is 8.98. The van der Waals surface area contributed by atoms with Crippen molar-refractivity contribution in [3.05, 3.63) is 0 Å². The molecule has 1 fully saturated rings. The molecular weight excluding hydrogens is 162 g/mol. The summed E-state index contributed by atoms with van der Waals surface area (Å²) in [7, 11) is 0. The van der Waals surface area contributed by atoms with Gasteiger partial charge in [-0.2, -0.15) is 0 Å². The summed E-state index contributed by atoms with van der Waals surface area (Å²) in [4.78, 5) is 0. The number of aliphatic hydroxyl groups is 1. The Kier molecular flexibility index (Phi) is 4.20. The van der Waals surface area contributed by atoms with Crippen molar-refractivity contribution in [2.45, 2.75) is 52.1 Å². The van der Waals surface area contributed by atoms with Crippen LogP contribution in [-0.4, -0.2) is 23.8 Å². The molecule has 0 aromatic carbocycles. The van der Waals surface area contributed by atoms with Gasteiger partial charge in [-0.05, 0) is 31.6 Å². The average Bonchev–Trinajstić information content (AvgIpc) is 2.11. The molecule has 1 aliphatic carbocycles. The van der Waals surface area contributed by atoms with Gasteiger partial charge in [0.25, 0.3) is 0 Å². The topological polar surface area (TPSA) is 32.3 Å². The molecule has 13 heavy (non-hydrogen) atoms. The standard InChI is InChI=1S/C11H23NO/c1-8-5-4-6-9(2)11(8)12-10(3)7-13/h8-13H,4-7H2,1-3H3. The zero-order valence-electron chi connectivity index (χ0n) is 9.09. The van der Waals surface area contributed by atoms with Gasteiger partial charge in [-0.25, -0.2) is 0 Å². The van der Waals surface area contributed by atoms with Crippen LogP contribution >= 0.6 is 0 Å². The van der Waals surface area contributed by atoms with Gasteiger partial charge in [0.2, 0.25) is 0 Å². The van der Waals surface area contributed by atoms with E-state index in [1.807, 2.05) is 6.92 Å². The van der Waals surface area contributed by atoms with E-state index in [0.717, 1.165) is 11.8 Å². The third-order valence-electron chi connectivity index (χ3n) is 3.30. The van der Waals surface area contributed by atoms with Gasteiger partial charge in [-0.15, -0.1) is 0 Å². The Morgan fingerprint density at radius 2 is 1.85 bits per heavy atom. The molecule has 3 unspecified atom stereocenters. The van der Waals surface area contributed by atoms with Crippen molar-refractivity contribution in [2.24, 2.45) is 11.8 Å². The Morgan fingerprint density at radius 3 is 2.31 bits per heavy atom. The summed E-state index contributed by atoms with van der Waals surface area (Å²) < 4.78 is 0. The van der Waals surface area contributed by atoms with Gasteiger partial charge in [-0.1, -0.05) is 20.3 Å². The van der Waals surface area contributed by atoms with Crippen LogP contribution in [0.4, 0.5) is 0 Å². The molecule has 0 aliphatic heterocycles. The van der Waals surface area contributed by atoms with Gasteiger partial charge in [0.05, 0.1) is 6.61 Å². The number of rotatable bonds is 3. The quantitative estimate of drug-likeness (QED) is 0.702. The van der Waals surface area contributed by atoms with E-state index >= 15 is 0 Å². The van der Waals surface area contributed by atoms with Gasteiger partial charge in [0, 0.05) is 12.1 Å². The lowest BCUT2D eigenvalue weighted by Crippen LogP contribution is -2.47. The second-order valence-corrected chi connectivity index (χ2v) is 4.66. The summed E-state index contributed by atoms with van der Waals surface area (Å²) in [6.45, 7) is 6.93. The highest BCUT2D eigenvalue weighted by atomic mass is 16.3. The zero-order chi connectivity index (χ0) is 9.84. The lowest BCUT2D eigenvalue weighted by atomic mass is 9.78. The molecule has 2 N–H and O–H groups in total. The van der Waals surface area contributed by atoms with Crippen LogP contribution in [0.5, 0.6) is 0 Å². The predicted octanol–water partition coefficient (Wildman–Crippen LogP) is 1.78. The molecule has 0 saturated heterocycles. The Labute approximate surface area is 81.7 Å². The van der Waals surface area contributed by atoms with E-state index in [1.54, 1.807) is 0 Å². The molecule has 1 rings (SSSR count).